The molecular formula is C12H17ClOS. The Labute approximate surface area is 100 Å². The van der Waals surface area contributed by atoms with Crippen molar-refractivity contribution in [1.29, 1.82) is 0 Å². The Balaban J connectivity index is 1.92. The first kappa shape index (κ1) is 11.4. The third-order valence-corrected chi connectivity index (χ3v) is 4.48. The molecule has 2 heterocycles. The zero-order chi connectivity index (χ0) is 10.7. The van der Waals surface area contributed by atoms with Gasteiger partial charge >= 0.3 is 0 Å². The van der Waals surface area contributed by atoms with Crippen LogP contribution in [0.25, 0.3) is 0 Å². The molecule has 0 amide bonds. The maximum atomic E-state index is 6.48. The molecule has 1 aliphatic rings. The maximum Gasteiger partial charge on any atom is 0.0615 e. The van der Waals surface area contributed by atoms with Gasteiger partial charge in [0.15, 0.2) is 0 Å². The summed E-state index contributed by atoms with van der Waals surface area (Å²) in [6.45, 7) is 3.06. The lowest BCUT2D eigenvalue weighted by molar-refractivity contribution is 0.0865. The molecule has 0 aliphatic carbocycles. The van der Waals surface area contributed by atoms with Crippen LogP contribution in [0.4, 0.5) is 0 Å². The van der Waals surface area contributed by atoms with Crippen LogP contribution in [0.1, 0.15) is 24.6 Å². The van der Waals surface area contributed by atoms with Gasteiger partial charge in [0.2, 0.25) is 0 Å². The highest BCUT2D eigenvalue weighted by atomic mass is 35.5. The third-order valence-electron chi connectivity index (χ3n) is 3.10. The van der Waals surface area contributed by atoms with Crippen LogP contribution >= 0.6 is 22.9 Å². The summed E-state index contributed by atoms with van der Waals surface area (Å²) < 4.78 is 5.67. The number of alkyl halides is 1. The van der Waals surface area contributed by atoms with E-state index in [-0.39, 0.29) is 5.38 Å². The molecule has 15 heavy (non-hydrogen) atoms. The van der Waals surface area contributed by atoms with Gasteiger partial charge in [0, 0.05) is 22.8 Å². The van der Waals surface area contributed by atoms with Gasteiger partial charge < -0.3 is 4.74 Å². The topological polar surface area (TPSA) is 9.23 Å². The van der Waals surface area contributed by atoms with Crippen molar-refractivity contribution in [2.45, 2.75) is 37.7 Å². The van der Waals surface area contributed by atoms with Crippen molar-refractivity contribution >= 4 is 22.9 Å². The maximum absolute atomic E-state index is 6.48. The Morgan fingerprint density at radius 1 is 1.67 bits per heavy atom. The van der Waals surface area contributed by atoms with Gasteiger partial charge in [-0.2, -0.15) is 0 Å². The SMILES string of the molecule is CCC1OCCC1C(Cl)Cc1cccs1. The number of thiophene rings is 1. The van der Waals surface area contributed by atoms with Gasteiger partial charge in [0.05, 0.1) is 6.10 Å². The van der Waals surface area contributed by atoms with Gasteiger partial charge in [-0.25, -0.2) is 0 Å². The molecule has 3 heteroatoms. The van der Waals surface area contributed by atoms with Crippen molar-refractivity contribution in [3.63, 3.8) is 0 Å². The lowest BCUT2D eigenvalue weighted by Gasteiger charge is -2.21. The molecule has 1 aromatic heterocycles. The van der Waals surface area contributed by atoms with Gasteiger partial charge in [0.1, 0.15) is 0 Å². The lowest BCUT2D eigenvalue weighted by Crippen LogP contribution is -2.25. The summed E-state index contributed by atoms with van der Waals surface area (Å²) in [5.74, 6) is 0.541. The van der Waals surface area contributed by atoms with Crippen LogP contribution in [0.15, 0.2) is 17.5 Å². The molecule has 1 aliphatic heterocycles. The van der Waals surface area contributed by atoms with Crippen LogP contribution in [-0.4, -0.2) is 18.1 Å². The Hall–Kier alpha value is -0.0500. The number of halogens is 1. The van der Waals surface area contributed by atoms with Crippen LogP contribution in [0, 0.1) is 5.92 Å². The molecule has 0 saturated carbocycles. The molecule has 2 rings (SSSR count). The molecule has 84 valence electrons. The van der Waals surface area contributed by atoms with Crippen molar-refractivity contribution in [1.82, 2.24) is 0 Å². The average Bonchev–Trinajstić information content (AvgIpc) is 2.86. The summed E-state index contributed by atoms with van der Waals surface area (Å²) in [4.78, 5) is 1.39. The zero-order valence-corrected chi connectivity index (χ0v) is 10.6. The van der Waals surface area contributed by atoms with Crippen LogP contribution in [0.2, 0.25) is 0 Å². The van der Waals surface area contributed by atoms with Gasteiger partial charge in [-0.15, -0.1) is 22.9 Å². The fourth-order valence-electron chi connectivity index (χ4n) is 2.27. The summed E-state index contributed by atoms with van der Waals surface area (Å²) in [5.41, 5.74) is 0. The molecule has 0 N–H and O–H groups in total. The first-order chi connectivity index (χ1) is 7.31. The van der Waals surface area contributed by atoms with E-state index in [2.05, 4.69) is 24.4 Å². The second-order valence-electron chi connectivity index (χ2n) is 4.07. The monoisotopic (exact) mass is 244 g/mol. The number of hydrogen-bond donors (Lipinski definition) is 0. The van der Waals surface area contributed by atoms with E-state index in [4.69, 9.17) is 16.3 Å². The Morgan fingerprint density at radius 3 is 3.20 bits per heavy atom. The number of hydrogen-bond acceptors (Lipinski definition) is 2. The lowest BCUT2D eigenvalue weighted by atomic mass is 9.93. The predicted octanol–water partition coefficient (Wildman–Crippen LogP) is 3.71. The van der Waals surface area contributed by atoms with Crippen LogP contribution < -0.4 is 0 Å². The highest BCUT2D eigenvalue weighted by Crippen LogP contribution is 2.31. The van der Waals surface area contributed by atoms with Crippen molar-refractivity contribution in [3.05, 3.63) is 22.4 Å². The minimum absolute atomic E-state index is 0.232. The predicted molar refractivity (Wildman–Crippen MR) is 65.8 cm³/mol. The molecule has 1 fully saturated rings. The molecule has 1 nitrogen and oxygen atoms in total. The van der Waals surface area contributed by atoms with E-state index < -0.39 is 0 Å². The van der Waals surface area contributed by atoms with Gasteiger partial charge in [-0.3, -0.25) is 0 Å². The van der Waals surface area contributed by atoms with E-state index in [0.29, 0.717) is 12.0 Å². The average molecular weight is 245 g/mol. The van der Waals surface area contributed by atoms with Crippen LogP contribution in [-0.2, 0) is 11.2 Å². The van der Waals surface area contributed by atoms with E-state index >= 15 is 0 Å². The second-order valence-corrected chi connectivity index (χ2v) is 5.66. The van der Waals surface area contributed by atoms with Gasteiger partial charge in [0.25, 0.3) is 0 Å². The van der Waals surface area contributed by atoms with Crippen LogP contribution in [0.5, 0.6) is 0 Å². The Bertz CT molecular complexity index is 286. The second kappa shape index (κ2) is 5.33. The smallest absolute Gasteiger partial charge is 0.0615 e. The fraction of sp³-hybridized carbons (Fsp3) is 0.667. The molecule has 1 saturated heterocycles. The van der Waals surface area contributed by atoms with E-state index in [0.717, 1.165) is 25.9 Å². The van der Waals surface area contributed by atoms with E-state index in [9.17, 15) is 0 Å². The normalized spacial score (nSPS) is 28.1. The molecule has 0 aromatic carbocycles. The van der Waals surface area contributed by atoms with E-state index in [1.165, 1.54) is 4.88 Å². The van der Waals surface area contributed by atoms with Gasteiger partial charge in [-0.1, -0.05) is 13.0 Å². The summed E-state index contributed by atoms with van der Waals surface area (Å²) in [6.07, 6.45) is 3.58. The Kier molecular flexibility index (Phi) is 4.06. The van der Waals surface area contributed by atoms with Crippen molar-refractivity contribution in [2.75, 3.05) is 6.61 Å². The third kappa shape index (κ3) is 2.74. The van der Waals surface area contributed by atoms with E-state index in [1.54, 1.807) is 11.3 Å². The van der Waals surface area contributed by atoms with Crippen molar-refractivity contribution in [2.24, 2.45) is 5.92 Å². The summed E-state index contributed by atoms with van der Waals surface area (Å²) in [7, 11) is 0. The molecule has 3 unspecified atom stereocenters. The largest absolute Gasteiger partial charge is 0.378 e. The molecule has 0 bridgehead atoms. The standard InChI is InChI=1S/C12H17ClOS/c1-2-12-10(5-6-14-12)11(13)8-9-4-3-7-15-9/h3-4,7,10-12H,2,5-6,8H2,1H3. The molecule has 3 atom stereocenters. The van der Waals surface area contributed by atoms with Crippen molar-refractivity contribution in [3.8, 4) is 0 Å². The van der Waals surface area contributed by atoms with Crippen LogP contribution in [0.3, 0.4) is 0 Å². The van der Waals surface area contributed by atoms with Crippen molar-refractivity contribution < 1.29 is 4.74 Å². The van der Waals surface area contributed by atoms with Gasteiger partial charge in [-0.05, 0) is 30.7 Å². The minimum atomic E-state index is 0.232. The first-order valence-corrected chi connectivity index (χ1v) is 6.91. The zero-order valence-electron chi connectivity index (χ0n) is 8.99. The fourth-order valence-corrected chi connectivity index (χ4v) is 3.58. The summed E-state index contributed by atoms with van der Waals surface area (Å²) in [5, 5.41) is 2.34. The quantitative estimate of drug-likeness (QED) is 0.734. The minimum Gasteiger partial charge on any atom is -0.378 e. The molecule has 0 spiro atoms. The van der Waals surface area contributed by atoms with E-state index in [1.807, 2.05) is 0 Å². The highest BCUT2D eigenvalue weighted by molar-refractivity contribution is 7.09. The summed E-state index contributed by atoms with van der Waals surface area (Å²) in [6, 6.07) is 4.25. The number of ether oxygens (including phenoxy) is 1. The molecule has 1 aromatic rings. The summed E-state index contributed by atoms with van der Waals surface area (Å²) >= 11 is 8.27. The number of rotatable bonds is 4. The first-order valence-electron chi connectivity index (χ1n) is 5.59. The Morgan fingerprint density at radius 2 is 2.53 bits per heavy atom. The molecular weight excluding hydrogens is 228 g/mol. The molecule has 0 radical (unpaired) electrons. The highest BCUT2D eigenvalue weighted by Gasteiger charge is 2.32.